The van der Waals surface area contributed by atoms with Crippen molar-refractivity contribution in [3.8, 4) is 11.5 Å². The maximum Gasteiger partial charge on any atom is 0.265 e. The number of carbonyl (C=O) groups excluding carboxylic acids is 2. The lowest BCUT2D eigenvalue weighted by Crippen LogP contribution is -2.22. The van der Waals surface area contributed by atoms with E-state index in [-0.39, 0.29) is 17.1 Å². The Hall–Kier alpha value is -2.97. The molecule has 1 aromatic heterocycles. The van der Waals surface area contributed by atoms with Crippen LogP contribution in [0.25, 0.3) is 0 Å². The van der Waals surface area contributed by atoms with Crippen LogP contribution in [0.3, 0.4) is 0 Å². The number of hydrogen-bond acceptors (Lipinski definition) is 6. The van der Waals surface area contributed by atoms with Gasteiger partial charge in [-0.15, -0.1) is 23.1 Å². The molecule has 1 aliphatic heterocycles. The summed E-state index contributed by atoms with van der Waals surface area (Å²) in [5, 5.41) is 7.33. The van der Waals surface area contributed by atoms with Crippen molar-refractivity contribution in [3.63, 3.8) is 0 Å². The fourth-order valence-corrected chi connectivity index (χ4v) is 4.42. The lowest BCUT2D eigenvalue weighted by molar-refractivity contribution is -0.115. The molecule has 2 amide bonds. The summed E-state index contributed by atoms with van der Waals surface area (Å²) in [5.41, 5.74) is 1.35. The summed E-state index contributed by atoms with van der Waals surface area (Å²) in [7, 11) is 0. The van der Waals surface area contributed by atoms with Gasteiger partial charge >= 0.3 is 0 Å². The minimum Gasteiger partial charge on any atom is -0.486 e. The molecule has 2 N–H and O–H groups in total. The van der Waals surface area contributed by atoms with Gasteiger partial charge in [0.15, 0.2) is 11.5 Å². The summed E-state index contributed by atoms with van der Waals surface area (Å²) < 4.78 is 11.1. The van der Waals surface area contributed by atoms with Gasteiger partial charge in [0.05, 0.1) is 10.1 Å². The zero-order valence-electron chi connectivity index (χ0n) is 16.2. The molecule has 0 bridgehead atoms. The van der Waals surface area contributed by atoms with Crippen molar-refractivity contribution in [2.75, 3.05) is 23.8 Å². The number of thioether (sulfide) groups is 1. The summed E-state index contributed by atoms with van der Waals surface area (Å²) >= 11 is 2.81. The van der Waals surface area contributed by atoms with Gasteiger partial charge in [0.25, 0.3) is 5.91 Å². The van der Waals surface area contributed by atoms with E-state index in [1.807, 2.05) is 42.6 Å². The Morgan fingerprint density at radius 1 is 0.967 bits per heavy atom. The van der Waals surface area contributed by atoms with Gasteiger partial charge in [-0.1, -0.05) is 12.1 Å². The van der Waals surface area contributed by atoms with Crippen LogP contribution in [-0.2, 0) is 4.79 Å². The Balaban J connectivity index is 1.36. The lowest BCUT2D eigenvalue weighted by atomic mass is 10.2. The number of fused-ring (bicyclic) bond motifs is 1. The van der Waals surface area contributed by atoms with Crippen molar-refractivity contribution in [2.45, 2.75) is 17.1 Å². The minimum absolute atomic E-state index is 0.121. The van der Waals surface area contributed by atoms with Crippen LogP contribution in [0, 0.1) is 0 Å². The molecule has 1 unspecified atom stereocenters. The highest BCUT2D eigenvalue weighted by Crippen LogP contribution is 2.33. The van der Waals surface area contributed by atoms with Crippen LogP contribution in [0.4, 0.5) is 11.4 Å². The van der Waals surface area contributed by atoms with Crippen molar-refractivity contribution in [1.29, 1.82) is 0 Å². The monoisotopic (exact) mass is 440 g/mol. The molecule has 8 heteroatoms. The Morgan fingerprint density at radius 2 is 1.77 bits per heavy atom. The largest absolute Gasteiger partial charge is 0.486 e. The second kappa shape index (κ2) is 9.23. The molecule has 0 spiro atoms. The number of hydrogen-bond donors (Lipinski definition) is 2. The smallest absolute Gasteiger partial charge is 0.265 e. The van der Waals surface area contributed by atoms with Crippen LogP contribution >= 0.6 is 23.1 Å². The van der Waals surface area contributed by atoms with Crippen LogP contribution in [0.2, 0.25) is 0 Å². The van der Waals surface area contributed by atoms with Crippen LogP contribution in [0.15, 0.2) is 64.9 Å². The fraction of sp³-hybridized carbons (Fsp3) is 0.182. The second-order valence-corrected chi connectivity index (χ2v) is 8.93. The first-order valence-electron chi connectivity index (χ1n) is 9.40. The van der Waals surface area contributed by atoms with Crippen molar-refractivity contribution in [3.05, 3.63) is 64.9 Å². The van der Waals surface area contributed by atoms with Crippen LogP contribution < -0.4 is 20.1 Å². The average molecular weight is 441 g/mol. The molecule has 0 saturated carbocycles. The van der Waals surface area contributed by atoms with E-state index in [4.69, 9.17) is 9.47 Å². The summed E-state index contributed by atoms with van der Waals surface area (Å²) in [5.74, 6) is 1.05. The molecular formula is C22H20N2O4S2. The van der Waals surface area contributed by atoms with E-state index in [0.29, 0.717) is 41.0 Å². The zero-order chi connectivity index (χ0) is 20.9. The molecular weight excluding hydrogens is 420 g/mol. The highest BCUT2D eigenvalue weighted by molar-refractivity contribution is 8.00. The quantitative estimate of drug-likeness (QED) is 0.534. The number of rotatable bonds is 6. The molecule has 0 aliphatic carbocycles. The van der Waals surface area contributed by atoms with Gasteiger partial charge in [0.2, 0.25) is 5.91 Å². The molecule has 0 radical (unpaired) electrons. The summed E-state index contributed by atoms with van der Waals surface area (Å²) in [6, 6.07) is 16.4. The van der Waals surface area contributed by atoms with Gasteiger partial charge in [0, 0.05) is 22.3 Å². The Labute approximate surface area is 182 Å². The van der Waals surface area contributed by atoms with Crippen molar-refractivity contribution < 1.29 is 19.1 Å². The molecule has 2 heterocycles. The number of nitrogens with one attached hydrogen (secondary N) is 2. The maximum atomic E-state index is 12.6. The van der Waals surface area contributed by atoms with E-state index in [0.717, 1.165) is 4.90 Å². The summed E-state index contributed by atoms with van der Waals surface area (Å²) in [4.78, 5) is 26.4. The van der Waals surface area contributed by atoms with Gasteiger partial charge in [-0.25, -0.2) is 0 Å². The Morgan fingerprint density at radius 3 is 2.57 bits per heavy atom. The molecule has 0 saturated heterocycles. The molecule has 2 aromatic carbocycles. The van der Waals surface area contributed by atoms with Crippen LogP contribution in [-0.4, -0.2) is 30.3 Å². The summed E-state index contributed by atoms with van der Waals surface area (Å²) in [6.07, 6.45) is 0. The third kappa shape index (κ3) is 4.95. The lowest BCUT2D eigenvalue weighted by Gasteiger charge is -2.19. The first kappa shape index (κ1) is 20.3. The number of thiophene rings is 1. The molecule has 3 aromatic rings. The number of ether oxygens (including phenoxy) is 2. The van der Waals surface area contributed by atoms with E-state index in [9.17, 15) is 9.59 Å². The van der Waals surface area contributed by atoms with E-state index in [2.05, 4.69) is 10.6 Å². The third-order valence-corrected chi connectivity index (χ3v) is 6.29. The summed E-state index contributed by atoms with van der Waals surface area (Å²) in [6.45, 7) is 2.87. The number of carbonyl (C=O) groups is 2. The third-order valence-electron chi connectivity index (χ3n) is 4.33. The van der Waals surface area contributed by atoms with E-state index in [1.165, 1.54) is 23.1 Å². The minimum atomic E-state index is -0.332. The fourth-order valence-electron chi connectivity index (χ4n) is 2.87. The van der Waals surface area contributed by atoms with Crippen LogP contribution in [0.5, 0.6) is 11.5 Å². The predicted octanol–water partition coefficient (Wildman–Crippen LogP) is 4.89. The molecule has 1 atom stereocenters. The molecule has 6 nitrogen and oxygen atoms in total. The standard InChI is InChI=1S/C22H20N2O4S2/c1-14(21(25)23-16-7-8-18-19(13-16)28-10-9-27-18)30-17-5-2-4-15(12-17)24-22(26)20-6-3-11-29-20/h2-8,11-14H,9-10H2,1H3,(H,23,25)(H,24,26). The maximum absolute atomic E-state index is 12.6. The molecule has 30 heavy (non-hydrogen) atoms. The average Bonchev–Trinajstić information content (AvgIpc) is 3.29. The molecule has 4 rings (SSSR count). The van der Waals surface area contributed by atoms with Gasteiger partial charge in [-0.2, -0.15) is 0 Å². The zero-order valence-corrected chi connectivity index (χ0v) is 17.8. The number of anilines is 2. The van der Waals surface area contributed by atoms with Gasteiger partial charge in [-0.05, 0) is 48.7 Å². The SMILES string of the molecule is CC(Sc1cccc(NC(=O)c2cccs2)c1)C(=O)Nc1ccc2c(c1)OCCO2. The highest BCUT2D eigenvalue weighted by Gasteiger charge is 2.17. The van der Waals surface area contributed by atoms with Crippen molar-refractivity contribution in [2.24, 2.45) is 0 Å². The Bertz CT molecular complexity index is 1050. The highest BCUT2D eigenvalue weighted by atomic mass is 32.2. The van der Waals surface area contributed by atoms with Gasteiger partial charge < -0.3 is 20.1 Å². The molecule has 154 valence electrons. The van der Waals surface area contributed by atoms with Gasteiger partial charge in [0.1, 0.15) is 13.2 Å². The van der Waals surface area contributed by atoms with Crippen molar-refractivity contribution in [1.82, 2.24) is 0 Å². The Kier molecular flexibility index (Phi) is 6.25. The first-order valence-corrected chi connectivity index (χ1v) is 11.2. The van der Waals surface area contributed by atoms with Crippen molar-refractivity contribution >= 4 is 46.3 Å². The number of amides is 2. The first-order chi connectivity index (χ1) is 14.6. The number of benzene rings is 2. The molecule has 0 fully saturated rings. The van der Waals surface area contributed by atoms with E-state index >= 15 is 0 Å². The van der Waals surface area contributed by atoms with Gasteiger partial charge in [-0.3, -0.25) is 9.59 Å². The van der Waals surface area contributed by atoms with E-state index < -0.39 is 0 Å². The molecule has 1 aliphatic rings. The van der Waals surface area contributed by atoms with Crippen LogP contribution in [0.1, 0.15) is 16.6 Å². The second-order valence-electron chi connectivity index (χ2n) is 6.57. The topological polar surface area (TPSA) is 76.7 Å². The normalized spacial score (nSPS) is 13.4. The predicted molar refractivity (Wildman–Crippen MR) is 120 cm³/mol. The van der Waals surface area contributed by atoms with E-state index in [1.54, 1.807) is 24.3 Å².